The van der Waals surface area contributed by atoms with Gasteiger partial charge in [0.25, 0.3) is 0 Å². The number of benzene rings is 1. The van der Waals surface area contributed by atoms with E-state index in [9.17, 15) is 0 Å². The second-order valence-electron chi connectivity index (χ2n) is 4.36. The second kappa shape index (κ2) is 6.20. The van der Waals surface area contributed by atoms with Crippen molar-refractivity contribution in [3.8, 4) is 0 Å². The van der Waals surface area contributed by atoms with Crippen molar-refractivity contribution in [3.63, 3.8) is 0 Å². The van der Waals surface area contributed by atoms with Crippen molar-refractivity contribution in [2.24, 2.45) is 0 Å². The zero-order chi connectivity index (χ0) is 11.7. The quantitative estimate of drug-likeness (QED) is 0.817. The molecule has 4 heteroatoms. The number of nitrogens with one attached hydrogen (secondary N) is 1. The van der Waals surface area contributed by atoms with Gasteiger partial charge in [-0.25, -0.2) is 0 Å². The molecule has 0 saturated heterocycles. The lowest BCUT2D eigenvalue weighted by Gasteiger charge is -2.15. The second-order valence-corrected chi connectivity index (χ2v) is 6.56. The van der Waals surface area contributed by atoms with Crippen molar-refractivity contribution >= 4 is 39.7 Å². The molecule has 0 amide bonds. The summed E-state index contributed by atoms with van der Waals surface area (Å²) in [5.41, 5.74) is 4.40. The molecule has 0 fully saturated rings. The summed E-state index contributed by atoms with van der Waals surface area (Å²) in [7, 11) is 0. The molecule has 1 aliphatic rings. The average Bonchev–Trinajstić information content (AvgIpc) is 2.62. The fraction of sp³-hybridized carbons (Fsp3) is 0.286. The van der Waals surface area contributed by atoms with Gasteiger partial charge in [0, 0.05) is 12.5 Å². The van der Waals surface area contributed by atoms with E-state index in [0.29, 0.717) is 5.92 Å². The molecule has 3 rings (SSSR count). The van der Waals surface area contributed by atoms with Gasteiger partial charge in [0.1, 0.15) is 0 Å². The molecule has 1 aromatic heterocycles. The Labute approximate surface area is 126 Å². The third-order valence-electron chi connectivity index (χ3n) is 3.35. The molecule has 1 nitrogen and oxygen atoms in total. The van der Waals surface area contributed by atoms with Gasteiger partial charge in [0.05, 0.1) is 3.79 Å². The summed E-state index contributed by atoms with van der Waals surface area (Å²) in [5, 5.41) is 5.85. The SMILES string of the molecule is Brc1scc2c1CCNCC2c1ccccc1.Cl. The van der Waals surface area contributed by atoms with Crippen LogP contribution < -0.4 is 5.32 Å². The molecule has 0 spiro atoms. The molecule has 18 heavy (non-hydrogen) atoms. The first-order valence-corrected chi connectivity index (χ1v) is 7.55. The first-order chi connectivity index (χ1) is 8.36. The number of halogens is 2. The predicted molar refractivity (Wildman–Crippen MR) is 84.1 cm³/mol. The van der Waals surface area contributed by atoms with Crippen LogP contribution in [0.3, 0.4) is 0 Å². The summed E-state index contributed by atoms with van der Waals surface area (Å²) in [6.45, 7) is 2.12. The minimum absolute atomic E-state index is 0. The van der Waals surface area contributed by atoms with Crippen LogP contribution in [0.1, 0.15) is 22.6 Å². The van der Waals surface area contributed by atoms with Crippen molar-refractivity contribution < 1.29 is 0 Å². The van der Waals surface area contributed by atoms with E-state index in [1.165, 1.54) is 20.5 Å². The minimum Gasteiger partial charge on any atom is -0.315 e. The van der Waals surface area contributed by atoms with Crippen LogP contribution in [0, 0.1) is 0 Å². The van der Waals surface area contributed by atoms with E-state index in [1.54, 1.807) is 0 Å². The minimum atomic E-state index is 0. The number of rotatable bonds is 1. The van der Waals surface area contributed by atoms with Crippen molar-refractivity contribution in [1.82, 2.24) is 5.32 Å². The molecule has 1 aliphatic heterocycles. The molecular weight excluding hydrogens is 330 g/mol. The standard InChI is InChI=1S/C14H14BrNS.ClH/c15-14-11-6-7-16-8-12(13(11)9-17-14)10-4-2-1-3-5-10;/h1-5,9,12,16H,6-8H2;1H. The molecule has 0 aliphatic carbocycles. The molecule has 0 bridgehead atoms. The van der Waals surface area contributed by atoms with E-state index in [1.807, 2.05) is 11.3 Å². The Morgan fingerprint density at radius 2 is 2.00 bits per heavy atom. The van der Waals surface area contributed by atoms with E-state index in [4.69, 9.17) is 0 Å². The fourth-order valence-electron chi connectivity index (χ4n) is 2.46. The summed E-state index contributed by atoms with van der Waals surface area (Å²) < 4.78 is 1.30. The molecule has 1 unspecified atom stereocenters. The fourth-order valence-corrected chi connectivity index (χ4v) is 4.07. The predicted octanol–water partition coefficient (Wildman–Crippen LogP) is 4.21. The Hall–Kier alpha value is -0.350. The Morgan fingerprint density at radius 1 is 1.22 bits per heavy atom. The topological polar surface area (TPSA) is 12.0 Å². The zero-order valence-electron chi connectivity index (χ0n) is 9.86. The largest absolute Gasteiger partial charge is 0.315 e. The van der Waals surface area contributed by atoms with Crippen LogP contribution >= 0.6 is 39.7 Å². The smallest absolute Gasteiger partial charge is 0.0733 e. The van der Waals surface area contributed by atoms with Crippen molar-refractivity contribution in [3.05, 3.63) is 56.2 Å². The molecule has 0 radical (unpaired) electrons. The summed E-state index contributed by atoms with van der Waals surface area (Å²) in [4.78, 5) is 0. The van der Waals surface area contributed by atoms with Crippen LogP contribution in [0.2, 0.25) is 0 Å². The van der Waals surface area contributed by atoms with Crippen molar-refractivity contribution in [2.45, 2.75) is 12.3 Å². The Balaban J connectivity index is 0.00000120. The van der Waals surface area contributed by atoms with Crippen molar-refractivity contribution in [2.75, 3.05) is 13.1 Å². The molecule has 1 atom stereocenters. The van der Waals surface area contributed by atoms with E-state index in [-0.39, 0.29) is 12.4 Å². The molecule has 2 heterocycles. The van der Waals surface area contributed by atoms with Crippen LogP contribution in [0.25, 0.3) is 0 Å². The maximum Gasteiger partial charge on any atom is 0.0733 e. The lowest BCUT2D eigenvalue weighted by atomic mass is 9.91. The van der Waals surface area contributed by atoms with Gasteiger partial charge in [-0.15, -0.1) is 23.7 Å². The first-order valence-electron chi connectivity index (χ1n) is 5.87. The molecule has 1 N–H and O–H groups in total. The van der Waals surface area contributed by atoms with Gasteiger partial charge in [0.2, 0.25) is 0 Å². The lowest BCUT2D eigenvalue weighted by molar-refractivity contribution is 0.665. The van der Waals surface area contributed by atoms with Crippen LogP contribution in [0.5, 0.6) is 0 Å². The highest BCUT2D eigenvalue weighted by atomic mass is 79.9. The molecule has 0 saturated carbocycles. The summed E-state index contributed by atoms with van der Waals surface area (Å²) in [5.74, 6) is 0.497. The number of hydrogen-bond acceptors (Lipinski definition) is 2. The lowest BCUT2D eigenvalue weighted by Crippen LogP contribution is -2.20. The van der Waals surface area contributed by atoms with E-state index in [0.717, 1.165) is 19.5 Å². The molecule has 2 aromatic rings. The summed E-state index contributed by atoms with van der Waals surface area (Å²) in [6, 6.07) is 10.8. The third-order valence-corrected chi connectivity index (χ3v) is 5.22. The van der Waals surface area contributed by atoms with Gasteiger partial charge in [-0.2, -0.15) is 0 Å². The first kappa shape index (κ1) is 14.1. The summed E-state index contributed by atoms with van der Waals surface area (Å²) in [6.07, 6.45) is 1.13. The number of thiophene rings is 1. The normalized spacial score (nSPS) is 18.6. The van der Waals surface area contributed by atoms with E-state index >= 15 is 0 Å². The number of hydrogen-bond donors (Lipinski definition) is 1. The molecular formula is C14H15BrClNS. The molecule has 1 aromatic carbocycles. The van der Waals surface area contributed by atoms with Gasteiger partial charge < -0.3 is 5.32 Å². The maximum absolute atomic E-state index is 3.68. The van der Waals surface area contributed by atoms with Gasteiger partial charge in [-0.1, -0.05) is 30.3 Å². The highest BCUT2D eigenvalue weighted by Crippen LogP contribution is 2.37. The van der Waals surface area contributed by atoms with Crippen LogP contribution in [0.4, 0.5) is 0 Å². The van der Waals surface area contributed by atoms with Crippen molar-refractivity contribution in [1.29, 1.82) is 0 Å². The summed E-state index contributed by atoms with van der Waals surface area (Å²) >= 11 is 5.49. The van der Waals surface area contributed by atoms with Gasteiger partial charge in [-0.3, -0.25) is 0 Å². The third kappa shape index (κ3) is 2.64. The number of fused-ring (bicyclic) bond motifs is 1. The Morgan fingerprint density at radius 3 is 2.78 bits per heavy atom. The Bertz CT molecular complexity index is 512. The highest BCUT2D eigenvalue weighted by molar-refractivity contribution is 9.11. The van der Waals surface area contributed by atoms with Gasteiger partial charge in [0.15, 0.2) is 0 Å². The van der Waals surface area contributed by atoms with Crippen LogP contribution in [0.15, 0.2) is 39.5 Å². The van der Waals surface area contributed by atoms with Gasteiger partial charge >= 0.3 is 0 Å². The monoisotopic (exact) mass is 343 g/mol. The van der Waals surface area contributed by atoms with E-state index in [2.05, 4.69) is 57.0 Å². The molecule has 96 valence electrons. The average molecular weight is 345 g/mol. The Kier molecular flexibility index (Phi) is 4.84. The van der Waals surface area contributed by atoms with E-state index < -0.39 is 0 Å². The zero-order valence-corrected chi connectivity index (χ0v) is 13.1. The van der Waals surface area contributed by atoms with Crippen LogP contribution in [-0.4, -0.2) is 13.1 Å². The highest BCUT2D eigenvalue weighted by Gasteiger charge is 2.22. The maximum atomic E-state index is 3.68. The van der Waals surface area contributed by atoms with Gasteiger partial charge in [-0.05, 0) is 51.0 Å². The van der Waals surface area contributed by atoms with Crippen LogP contribution in [-0.2, 0) is 6.42 Å².